The molecule has 110 valence electrons. The third-order valence-corrected chi connectivity index (χ3v) is 6.14. The van der Waals surface area contributed by atoms with E-state index < -0.39 is 9.84 Å². The maximum absolute atomic E-state index is 11.8. The first-order valence-corrected chi connectivity index (χ1v) is 8.54. The van der Waals surface area contributed by atoms with Gasteiger partial charge in [-0.25, -0.2) is 8.42 Å². The minimum Gasteiger partial charge on any atom is -0.389 e. The molecule has 0 amide bonds. The van der Waals surface area contributed by atoms with Gasteiger partial charge in [-0.1, -0.05) is 12.2 Å². The molecule has 8 heteroatoms. The molecule has 1 aromatic rings. The highest BCUT2D eigenvalue weighted by Crippen LogP contribution is 2.22. The summed E-state index contributed by atoms with van der Waals surface area (Å²) in [7, 11) is -2.98. The topological polar surface area (TPSA) is 98.0 Å². The van der Waals surface area contributed by atoms with Crippen LogP contribution in [-0.4, -0.2) is 41.2 Å². The van der Waals surface area contributed by atoms with Crippen LogP contribution in [0.3, 0.4) is 0 Å². The van der Waals surface area contributed by atoms with Crippen molar-refractivity contribution in [2.24, 2.45) is 5.73 Å². The maximum Gasteiger partial charge on any atom is 0.159 e. The first-order chi connectivity index (χ1) is 9.33. The van der Waals surface area contributed by atoms with Gasteiger partial charge in [-0.15, -0.1) is 5.10 Å². The minimum atomic E-state index is -2.98. The number of hydrogen-bond donors (Lipinski definition) is 2. The van der Waals surface area contributed by atoms with E-state index in [2.05, 4.69) is 15.5 Å². The van der Waals surface area contributed by atoms with Crippen LogP contribution in [0.1, 0.15) is 29.7 Å². The van der Waals surface area contributed by atoms with Crippen LogP contribution in [0.4, 0.5) is 5.82 Å². The van der Waals surface area contributed by atoms with Gasteiger partial charge in [0.2, 0.25) is 0 Å². The fraction of sp³-hybridized carbons (Fsp3) is 0.583. The molecule has 1 aromatic heterocycles. The second kappa shape index (κ2) is 5.61. The number of aryl methyl sites for hydroxylation is 1. The van der Waals surface area contributed by atoms with E-state index in [4.69, 9.17) is 18.0 Å². The van der Waals surface area contributed by atoms with E-state index in [1.807, 2.05) is 13.8 Å². The molecule has 0 aromatic carbocycles. The van der Waals surface area contributed by atoms with Gasteiger partial charge in [0.15, 0.2) is 15.7 Å². The molecule has 0 radical (unpaired) electrons. The van der Waals surface area contributed by atoms with E-state index in [1.165, 1.54) is 0 Å². The Balaban J connectivity index is 2.22. The average molecular weight is 314 g/mol. The van der Waals surface area contributed by atoms with Crippen LogP contribution >= 0.6 is 12.2 Å². The fourth-order valence-electron chi connectivity index (χ4n) is 2.33. The van der Waals surface area contributed by atoms with Crippen molar-refractivity contribution < 1.29 is 8.42 Å². The van der Waals surface area contributed by atoms with Gasteiger partial charge in [0.05, 0.1) is 22.3 Å². The minimum absolute atomic E-state index is 0.234. The SMILES string of the molecule is Cc1nnc(NCC2CCCS2(=O)=O)c(C(N)=S)c1C. The van der Waals surface area contributed by atoms with Gasteiger partial charge in [0, 0.05) is 6.54 Å². The first kappa shape index (κ1) is 15.1. The number of aromatic nitrogens is 2. The van der Waals surface area contributed by atoms with Gasteiger partial charge in [-0.3, -0.25) is 0 Å². The third kappa shape index (κ3) is 2.90. The summed E-state index contributed by atoms with van der Waals surface area (Å²) in [6.07, 6.45) is 1.39. The standard InChI is InChI=1S/C12H18N4O2S2/c1-7-8(2)15-16-12(10(7)11(13)19)14-6-9-4-3-5-20(9,17)18/h9H,3-6H2,1-2H3,(H2,13,19)(H,14,16). The summed E-state index contributed by atoms with van der Waals surface area (Å²) in [6.45, 7) is 4.01. The smallest absolute Gasteiger partial charge is 0.159 e. The largest absolute Gasteiger partial charge is 0.389 e. The van der Waals surface area contributed by atoms with Crippen LogP contribution in [0.25, 0.3) is 0 Å². The van der Waals surface area contributed by atoms with E-state index >= 15 is 0 Å². The van der Waals surface area contributed by atoms with Crippen LogP contribution in [-0.2, 0) is 9.84 Å². The lowest BCUT2D eigenvalue weighted by atomic mass is 10.1. The van der Waals surface area contributed by atoms with Crippen molar-refractivity contribution in [1.82, 2.24) is 10.2 Å². The second-order valence-electron chi connectivity index (χ2n) is 5.01. The molecular formula is C12H18N4O2S2. The predicted octanol–water partition coefficient (Wildman–Crippen LogP) is 0.717. The number of nitrogens with one attached hydrogen (secondary N) is 1. The molecule has 6 nitrogen and oxygen atoms in total. The van der Waals surface area contributed by atoms with Crippen LogP contribution < -0.4 is 11.1 Å². The Bertz CT molecular complexity index is 643. The van der Waals surface area contributed by atoms with Crippen molar-refractivity contribution in [2.45, 2.75) is 31.9 Å². The number of thiocarbonyl (C=S) groups is 1. The molecule has 2 rings (SSSR count). The molecule has 1 aliphatic heterocycles. The van der Waals surface area contributed by atoms with Crippen molar-refractivity contribution in [2.75, 3.05) is 17.6 Å². The molecule has 0 aliphatic carbocycles. The van der Waals surface area contributed by atoms with E-state index in [1.54, 1.807) is 0 Å². The Morgan fingerprint density at radius 2 is 2.15 bits per heavy atom. The number of nitrogens with two attached hydrogens (primary N) is 1. The molecule has 1 saturated heterocycles. The van der Waals surface area contributed by atoms with Gasteiger partial charge in [0.1, 0.15) is 4.99 Å². The Morgan fingerprint density at radius 3 is 2.70 bits per heavy atom. The Hall–Kier alpha value is -1.28. The summed E-state index contributed by atoms with van der Waals surface area (Å²) in [5.41, 5.74) is 7.99. The number of hydrogen-bond acceptors (Lipinski definition) is 6. The van der Waals surface area contributed by atoms with Gasteiger partial charge >= 0.3 is 0 Å². The van der Waals surface area contributed by atoms with E-state index in [0.29, 0.717) is 24.3 Å². The molecule has 1 aliphatic rings. The zero-order chi connectivity index (χ0) is 14.9. The Morgan fingerprint density at radius 1 is 1.45 bits per heavy atom. The van der Waals surface area contributed by atoms with E-state index in [0.717, 1.165) is 17.7 Å². The summed E-state index contributed by atoms with van der Waals surface area (Å²) in [6, 6.07) is 0. The lowest BCUT2D eigenvalue weighted by Gasteiger charge is -2.15. The molecule has 1 atom stereocenters. The average Bonchev–Trinajstić information content (AvgIpc) is 2.69. The predicted molar refractivity (Wildman–Crippen MR) is 82.7 cm³/mol. The van der Waals surface area contributed by atoms with E-state index in [9.17, 15) is 8.42 Å². The van der Waals surface area contributed by atoms with Crippen LogP contribution in [0.2, 0.25) is 0 Å². The number of nitrogens with zero attached hydrogens (tertiary/aromatic N) is 2. The molecule has 0 spiro atoms. The van der Waals surface area contributed by atoms with Crippen molar-refractivity contribution in [1.29, 1.82) is 0 Å². The zero-order valence-corrected chi connectivity index (χ0v) is 13.1. The third-order valence-electron chi connectivity index (χ3n) is 3.66. The van der Waals surface area contributed by atoms with Gasteiger partial charge in [-0.2, -0.15) is 5.10 Å². The molecular weight excluding hydrogens is 296 g/mol. The van der Waals surface area contributed by atoms with Crippen molar-refractivity contribution >= 4 is 32.9 Å². The molecule has 0 bridgehead atoms. The monoisotopic (exact) mass is 314 g/mol. The quantitative estimate of drug-likeness (QED) is 0.790. The lowest BCUT2D eigenvalue weighted by molar-refractivity contribution is 0.591. The van der Waals surface area contributed by atoms with Crippen LogP contribution in [0.5, 0.6) is 0 Å². The highest BCUT2D eigenvalue weighted by Gasteiger charge is 2.31. The summed E-state index contributed by atoms with van der Waals surface area (Å²) in [4.78, 5) is 0.234. The fourth-order valence-corrected chi connectivity index (χ4v) is 4.35. The van der Waals surface area contributed by atoms with Crippen molar-refractivity contribution in [3.05, 3.63) is 16.8 Å². The first-order valence-electron chi connectivity index (χ1n) is 6.42. The van der Waals surface area contributed by atoms with Crippen molar-refractivity contribution in [3.63, 3.8) is 0 Å². The summed E-state index contributed by atoms with van der Waals surface area (Å²) < 4.78 is 23.6. The summed E-state index contributed by atoms with van der Waals surface area (Å²) in [5.74, 6) is 0.725. The summed E-state index contributed by atoms with van der Waals surface area (Å²) >= 11 is 5.04. The molecule has 20 heavy (non-hydrogen) atoms. The van der Waals surface area contributed by atoms with Gasteiger partial charge < -0.3 is 11.1 Å². The van der Waals surface area contributed by atoms with Gasteiger partial charge in [-0.05, 0) is 32.3 Å². The second-order valence-corrected chi connectivity index (χ2v) is 7.85. The number of rotatable bonds is 4. The lowest BCUT2D eigenvalue weighted by Crippen LogP contribution is -2.27. The molecule has 2 heterocycles. The Kier molecular flexibility index (Phi) is 4.24. The maximum atomic E-state index is 11.8. The van der Waals surface area contributed by atoms with E-state index in [-0.39, 0.29) is 16.0 Å². The number of anilines is 1. The molecule has 3 N–H and O–H groups in total. The normalized spacial score (nSPS) is 20.8. The highest BCUT2D eigenvalue weighted by atomic mass is 32.2. The zero-order valence-electron chi connectivity index (χ0n) is 11.5. The Labute approximate surface area is 124 Å². The molecule has 0 saturated carbocycles. The molecule has 1 unspecified atom stereocenters. The molecule has 1 fully saturated rings. The summed E-state index contributed by atoms with van der Waals surface area (Å²) in [5, 5.41) is 10.7. The number of sulfone groups is 1. The van der Waals surface area contributed by atoms with Crippen molar-refractivity contribution in [3.8, 4) is 0 Å². The van der Waals surface area contributed by atoms with Gasteiger partial charge in [0.25, 0.3) is 0 Å². The van der Waals surface area contributed by atoms with Crippen LogP contribution in [0.15, 0.2) is 0 Å². The van der Waals surface area contributed by atoms with Crippen LogP contribution in [0, 0.1) is 13.8 Å². The highest BCUT2D eigenvalue weighted by molar-refractivity contribution is 7.92.